The van der Waals surface area contributed by atoms with Gasteiger partial charge in [-0.15, -0.1) is 0 Å². The summed E-state index contributed by atoms with van der Waals surface area (Å²) in [5, 5.41) is 12.5. The number of aryl methyl sites for hydroxylation is 1. The zero-order valence-corrected chi connectivity index (χ0v) is 11.6. The van der Waals surface area contributed by atoms with Crippen molar-refractivity contribution in [2.75, 3.05) is 17.6 Å². The van der Waals surface area contributed by atoms with Gasteiger partial charge in [0.15, 0.2) is 0 Å². The maximum absolute atomic E-state index is 11.2. The van der Waals surface area contributed by atoms with E-state index >= 15 is 0 Å². The number of para-hydroxylation sites is 1. The summed E-state index contributed by atoms with van der Waals surface area (Å²) in [5.41, 5.74) is 2.11. The third-order valence-corrected chi connectivity index (χ3v) is 4.98. The fourth-order valence-electron chi connectivity index (χ4n) is 2.33. The van der Waals surface area contributed by atoms with Crippen LogP contribution in [0.5, 0.6) is 0 Å². The van der Waals surface area contributed by atoms with Crippen LogP contribution in [0, 0.1) is 6.92 Å². The lowest BCUT2D eigenvalue weighted by molar-refractivity contribution is 0.0698. The third-order valence-electron chi connectivity index (χ3n) is 3.44. The molecule has 4 heteroatoms. The number of aromatic carboxylic acids is 1. The van der Waals surface area contributed by atoms with Gasteiger partial charge in [-0.3, -0.25) is 0 Å². The van der Waals surface area contributed by atoms with Gasteiger partial charge in [0.1, 0.15) is 0 Å². The largest absolute Gasteiger partial charge is 0.478 e. The second-order valence-corrected chi connectivity index (χ2v) is 6.74. The number of carboxylic acids is 1. The van der Waals surface area contributed by atoms with Crippen LogP contribution in [0.15, 0.2) is 18.2 Å². The summed E-state index contributed by atoms with van der Waals surface area (Å²) < 4.78 is 0.234. The molecule has 0 aliphatic carbocycles. The van der Waals surface area contributed by atoms with E-state index in [-0.39, 0.29) is 4.75 Å². The van der Waals surface area contributed by atoms with Crippen molar-refractivity contribution in [2.24, 2.45) is 0 Å². The van der Waals surface area contributed by atoms with Gasteiger partial charge in [0, 0.05) is 11.3 Å². The van der Waals surface area contributed by atoms with E-state index in [1.807, 2.05) is 24.8 Å². The number of carbonyl (C=O) groups is 1. The van der Waals surface area contributed by atoms with Crippen molar-refractivity contribution in [3.05, 3.63) is 29.3 Å². The van der Waals surface area contributed by atoms with Gasteiger partial charge < -0.3 is 10.4 Å². The molecule has 2 N–H and O–H groups in total. The van der Waals surface area contributed by atoms with E-state index < -0.39 is 5.97 Å². The zero-order chi connectivity index (χ0) is 13.2. The Kier molecular flexibility index (Phi) is 3.85. The Hall–Kier alpha value is -1.16. The third kappa shape index (κ3) is 2.80. The Labute approximate surface area is 112 Å². The average Bonchev–Trinajstić information content (AvgIpc) is 2.74. The van der Waals surface area contributed by atoms with Gasteiger partial charge in [-0.05, 0) is 44.1 Å². The minimum atomic E-state index is -0.870. The van der Waals surface area contributed by atoms with Gasteiger partial charge in [-0.1, -0.05) is 12.1 Å². The molecule has 0 spiro atoms. The molecule has 1 atom stereocenters. The van der Waals surface area contributed by atoms with E-state index in [1.165, 1.54) is 18.6 Å². The van der Waals surface area contributed by atoms with Crippen LogP contribution in [0.2, 0.25) is 0 Å². The van der Waals surface area contributed by atoms with Crippen molar-refractivity contribution in [1.82, 2.24) is 0 Å². The molecule has 1 aliphatic heterocycles. The first kappa shape index (κ1) is 13.3. The monoisotopic (exact) mass is 265 g/mol. The Balaban J connectivity index is 2.15. The standard InChI is InChI=1S/C14H19NO2S/c1-10-5-3-6-11(13(16)17)12(10)15-9-14(2)7-4-8-18-14/h3,5-6,15H,4,7-9H2,1-2H3,(H,16,17). The molecular formula is C14H19NO2S. The second kappa shape index (κ2) is 5.22. The van der Waals surface area contributed by atoms with Crippen molar-refractivity contribution >= 4 is 23.4 Å². The maximum Gasteiger partial charge on any atom is 0.337 e. The smallest absolute Gasteiger partial charge is 0.337 e. The minimum absolute atomic E-state index is 0.234. The maximum atomic E-state index is 11.2. The topological polar surface area (TPSA) is 49.3 Å². The predicted molar refractivity (Wildman–Crippen MR) is 76.7 cm³/mol. The van der Waals surface area contributed by atoms with E-state index in [2.05, 4.69) is 12.2 Å². The van der Waals surface area contributed by atoms with Gasteiger partial charge in [0.05, 0.1) is 11.3 Å². The van der Waals surface area contributed by atoms with Crippen molar-refractivity contribution in [3.63, 3.8) is 0 Å². The molecule has 0 radical (unpaired) electrons. The fourth-order valence-corrected chi connectivity index (χ4v) is 3.58. The van der Waals surface area contributed by atoms with Crippen LogP contribution in [0.4, 0.5) is 5.69 Å². The van der Waals surface area contributed by atoms with Crippen molar-refractivity contribution < 1.29 is 9.90 Å². The Bertz CT molecular complexity index is 453. The SMILES string of the molecule is Cc1cccc(C(=O)O)c1NCC1(C)CCCS1. The summed E-state index contributed by atoms with van der Waals surface area (Å²) in [5.74, 6) is 0.336. The summed E-state index contributed by atoms with van der Waals surface area (Å²) in [4.78, 5) is 11.2. The molecule has 2 rings (SSSR count). The van der Waals surface area contributed by atoms with Gasteiger partial charge in [0.25, 0.3) is 0 Å². The molecule has 1 heterocycles. The Morgan fingerprint density at radius 2 is 2.33 bits per heavy atom. The van der Waals surface area contributed by atoms with Crippen molar-refractivity contribution in [1.29, 1.82) is 0 Å². The number of anilines is 1. The minimum Gasteiger partial charge on any atom is -0.478 e. The van der Waals surface area contributed by atoms with Crippen LogP contribution in [-0.4, -0.2) is 28.1 Å². The Morgan fingerprint density at radius 1 is 1.56 bits per heavy atom. The number of hydrogen-bond donors (Lipinski definition) is 2. The number of nitrogens with one attached hydrogen (secondary N) is 1. The highest BCUT2D eigenvalue weighted by molar-refractivity contribution is 8.00. The van der Waals surface area contributed by atoms with Crippen LogP contribution in [0.25, 0.3) is 0 Å². The molecule has 98 valence electrons. The summed E-state index contributed by atoms with van der Waals surface area (Å²) in [6.45, 7) is 5.01. The van der Waals surface area contributed by atoms with Crippen molar-refractivity contribution in [2.45, 2.75) is 31.4 Å². The molecule has 0 aromatic heterocycles. The molecule has 1 saturated heterocycles. The predicted octanol–water partition coefficient (Wildman–Crippen LogP) is 3.39. The number of rotatable bonds is 4. The number of benzene rings is 1. The fraction of sp³-hybridized carbons (Fsp3) is 0.500. The number of hydrogen-bond acceptors (Lipinski definition) is 3. The molecule has 1 aromatic rings. The molecule has 1 aliphatic rings. The van der Waals surface area contributed by atoms with E-state index in [0.29, 0.717) is 5.56 Å². The molecule has 18 heavy (non-hydrogen) atoms. The lowest BCUT2D eigenvalue weighted by Gasteiger charge is -2.24. The van der Waals surface area contributed by atoms with Crippen LogP contribution < -0.4 is 5.32 Å². The average molecular weight is 265 g/mol. The lowest BCUT2D eigenvalue weighted by atomic mass is 10.0. The first-order valence-electron chi connectivity index (χ1n) is 6.23. The van der Waals surface area contributed by atoms with Gasteiger partial charge >= 0.3 is 5.97 Å². The van der Waals surface area contributed by atoms with Crippen LogP contribution in [0.3, 0.4) is 0 Å². The molecule has 3 nitrogen and oxygen atoms in total. The number of carboxylic acid groups (broad SMARTS) is 1. The van der Waals surface area contributed by atoms with Gasteiger partial charge in [-0.25, -0.2) is 4.79 Å². The van der Waals surface area contributed by atoms with Crippen LogP contribution in [-0.2, 0) is 0 Å². The normalized spacial score (nSPS) is 23.0. The van der Waals surface area contributed by atoms with Crippen LogP contribution >= 0.6 is 11.8 Å². The molecule has 0 bridgehead atoms. The highest BCUT2D eigenvalue weighted by Gasteiger charge is 2.29. The second-order valence-electron chi connectivity index (χ2n) is 5.06. The first-order chi connectivity index (χ1) is 8.52. The molecule has 1 aromatic carbocycles. The molecular weight excluding hydrogens is 246 g/mol. The van der Waals surface area contributed by atoms with Gasteiger partial charge in [-0.2, -0.15) is 11.8 Å². The lowest BCUT2D eigenvalue weighted by Crippen LogP contribution is -2.28. The van der Waals surface area contributed by atoms with Crippen LogP contribution in [0.1, 0.15) is 35.7 Å². The molecule has 0 amide bonds. The highest BCUT2D eigenvalue weighted by Crippen LogP contribution is 2.38. The van der Waals surface area contributed by atoms with E-state index in [4.69, 9.17) is 0 Å². The first-order valence-corrected chi connectivity index (χ1v) is 7.21. The summed E-state index contributed by atoms with van der Waals surface area (Å²) in [6, 6.07) is 5.39. The zero-order valence-electron chi connectivity index (χ0n) is 10.8. The van der Waals surface area contributed by atoms with Gasteiger partial charge in [0.2, 0.25) is 0 Å². The molecule has 1 fully saturated rings. The van der Waals surface area contributed by atoms with E-state index in [0.717, 1.165) is 17.8 Å². The Morgan fingerprint density at radius 3 is 2.94 bits per heavy atom. The quantitative estimate of drug-likeness (QED) is 0.876. The summed E-state index contributed by atoms with van der Waals surface area (Å²) in [6.07, 6.45) is 2.45. The summed E-state index contributed by atoms with van der Waals surface area (Å²) in [7, 11) is 0. The number of thioether (sulfide) groups is 1. The van der Waals surface area contributed by atoms with E-state index in [1.54, 1.807) is 12.1 Å². The summed E-state index contributed by atoms with van der Waals surface area (Å²) >= 11 is 1.97. The molecule has 0 saturated carbocycles. The molecule has 1 unspecified atom stereocenters. The highest BCUT2D eigenvalue weighted by atomic mass is 32.2. The van der Waals surface area contributed by atoms with E-state index in [9.17, 15) is 9.90 Å². The van der Waals surface area contributed by atoms with Crippen molar-refractivity contribution in [3.8, 4) is 0 Å².